The summed E-state index contributed by atoms with van der Waals surface area (Å²) in [5, 5.41) is 7.46. The van der Waals surface area contributed by atoms with Crippen LogP contribution in [-0.4, -0.2) is 23.2 Å². The smallest absolute Gasteiger partial charge is 0.253 e. The highest BCUT2D eigenvalue weighted by Gasteiger charge is 2.27. The van der Waals surface area contributed by atoms with Gasteiger partial charge in [-0.25, -0.2) is 0 Å². The maximum Gasteiger partial charge on any atom is 0.253 e. The van der Waals surface area contributed by atoms with Gasteiger partial charge in [-0.1, -0.05) is 61.3 Å². The lowest BCUT2D eigenvalue weighted by atomic mass is 9.98. The zero-order valence-electron chi connectivity index (χ0n) is 16.0. The number of hydrogen-bond donors (Lipinski definition) is 1. The van der Waals surface area contributed by atoms with Crippen LogP contribution < -0.4 is 10.1 Å². The number of halogens is 1. The molecule has 1 amide bonds. The van der Waals surface area contributed by atoms with Crippen molar-refractivity contribution in [1.82, 2.24) is 15.5 Å². The standard InChI is InChI=1S/C21H22ClN3O3/c1-4-13(2)18(23-20(26)16-10-5-6-11-17(16)22)21-24-19(25-28-21)14-8-7-9-15(12-14)27-3/h5-13,18H,4H2,1-3H3,(H,23,26)/t13-,18+/m0/s1. The molecule has 0 fully saturated rings. The average Bonchev–Trinajstić information content (AvgIpc) is 3.21. The Morgan fingerprint density at radius 3 is 2.75 bits per heavy atom. The third kappa shape index (κ3) is 4.34. The summed E-state index contributed by atoms with van der Waals surface area (Å²) in [4.78, 5) is 17.2. The molecular weight excluding hydrogens is 378 g/mol. The summed E-state index contributed by atoms with van der Waals surface area (Å²) < 4.78 is 10.7. The zero-order valence-corrected chi connectivity index (χ0v) is 16.7. The van der Waals surface area contributed by atoms with Crippen molar-refractivity contribution >= 4 is 17.5 Å². The van der Waals surface area contributed by atoms with Gasteiger partial charge in [-0.2, -0.15) is 4.98 Å². The van der Waals surface area contributed by atoms with Crippen molar-refractivity contribution in [2.45, 2.75) is 26.3 Å². The Bertz CT molecular complexity index is 957. The zero-order chi connectivity index (χ0) is 20.1. The van der Waals surface area contributed by atoms with E-state index in [1.165, 1.54) is 0 Å². The number of carbonyl (C=O) groups is 1. The molecule has 0 bridgehead atoms. The van der Waals surface area contributed by atoms with E-state index in [4.69, 9.17) is 20.9 Å². The van der Waals surface area contributed by atoms with Crippen LogP contribution >= 0.6 is 11.6 Å². The topological polar surface area (TPSA) is 77.2 Å². The van der Waals surface area contributed by atoms with Crippen LogP contribution in [0.15, 0.2) is 53.1 Å². The van der Waals surface area contributed by atoms with E-state index in [0.29, 0.717) is 28.1 Å². The molecule has 2 aromatic carbocycles. The van der Waals surface area contributed by atoms with Gasteiger partial charge in [-0.15, -0.1) is 0 Å². The summed E-state index contributed by atoms with van der Waals surface area (Å²) >= 11 is 6.15. The molecular formula is C21H22ClN3O3. The number of carbonyl (C=O) groups excluding carboxylic acids is 1. The molecule has 0 spiro atoms. The monoisotopic (exact) mass is 399 g/mol. The molecule has 3 aromatic rings. The number of ether oxygens (including phenoxy) is 1. The van der Waals surface area contributed by atoms with Crippen molar-refractivity contribution < 1.29 is 14.1 Å². The second-order valence-electron chi connectivity index (χ2n) is 6.50. The third-order valence-corrected chi connectivity index (χ3v) is 4.98. The van der Waals surface area contributed by atoms with Crippen molar-refractivity contribution in [3.8, 4) is 17.1 Å². The molecule has 3 rings (SSSR count). The summed E-state index contributed by atoms with van der Waals surface area (Å²) in [6.07, 6.45) is 0.824. The number of amides is 1. The van der Waals surface area contributed by atoms with Gasteiger partial charge in [-0.3, -0.25) is 4.79 Å². The highest BCUT2D eigenvalue weighted by atomic mass is 35.5. The molecule has 1 aromatic heterocycles. The lowest BCUT2D eigenvalue weighted by Crippen LogP contribution is -2.33. The van der Waals surface area contributed by atoms with Crippen LogP contribution in [-0.2, 0) is 0 Å². The number of nitrogens with one attached hydrogen (secondary N) is 1. The van der Waals surface area contributed by atoms with Gasteiger partial charge in [0.25, 0.3) is 5.91 Å². The molecule has 1 N–H and O–H groups in total. The lowest BCUT2D eigenvalue weighted by Gasteiger charge is -2.21. The van der Waals surface area contributed by atoms with Crippen LogP contribution in [0.4, 0.5) is 0 Å². The van der Waals surface area contributed by atoms with E-state index in [0.717, 1.165) is 12.0 Å². The van der Waals surface area contributed by atoms with Gasteiger partial charge < -0.3 is 14.6 Å². The highest BCUT2D eigenvalue weighted by molar-refractivity contribution is 6.33. The lowest BCUT2D eigenvalue weighted by molar-refractivity contribution is 0.0910. The molecule has 0 radical (unpaired) electrons. The van der Waals surface area contributed by atoms with Crippen LogP contribution in [0.2, 0.25) is 5.02 Å². The number of hydrogen-bond acceptors (Lipinski definition) is 5. The molecule has 0 aliphatic carbocycles. The second kappa shape index (κ2) is 8.89. The fraction of sp³-hybridized carbons (Fsp3) is 0.286. The molecule has 0 unspecified atom stereocenters. The minimum Gasteiger partial charge on any atom is -0.497 e. The van der Waals surface area contributed by atoms with Gasteiger partial charge >= 0.3 is 0 Å². The Hall–Kier alpha value is -2.86. The van der Waals surface area contributed by atoms with E-state index < -0.39 is 6.04 Å². The first-order valence-electron chi connectivity index (χ1n) is 9.07. The molecule has 1 heterocycles. The maximum atomic E-state index is 12.7. The van der Waals surface area contributed by atoms with Crippen LogP contribution in [0.5, 0.6) is 5.75 Å². The summed E-state index contributed by atoms with van der Waals surface area (Å²) in [6.45, 7) is 4.06. The van der Waals surface area contributed by atoms with Gasteiger partial charge in [-0.05, 0) is 30.2 Å². The van der Waals surface area contributed by atoms with E-state index in [9.17, 15) is 4.79 Å². The SMILES string of the molecule is CC[C@H](C)[C@@H](NC(=O)c1ccccc1Cl)c1nc(-c2cccc(OC)c2)no1. The molecule has 7 heteroatoms. The van der Waals surface area contributed by atoms with E-state index in [1.807, 2.05) is 38.1 Å². The quantitative estimate of drug-likeness (QED) is 0.610. The maximum absolute atomic E-state index is 12.7. The highest BCUT2D eigenvalue weighted by Crippen LogP contribution is 2.28. The van der Waals surface area contributed by atoms with Gasteiger partial charge in [0.05, 0.1) is 17.7 Å². The summed E-state index contributed by atoms with van der Waals surface area (Å²) in [5.41, 5.74) is 1.18. The second-order valence-corrected chi connectivity index (χ2v) is 6.91. The molecule has 6 nitrogen and oxygen atoms in total. The van der Waals surface area contributed by atoms with Crippen molar-refractivity contribution in [2.24, 2.45) is 5.92 Å². The van der Waals surface area contributed by atoms with Crippen LogP contribution in [0.3, 0.4) is 0 Å². The van der Waals surface area contributed by atoms with Crippen molar-refractivity contribution in [2.75, 3.05) is 7.11 Å². The normalized spacial score (nSPS) is 13.0. The summed E-state index contributed by atoms with van der Waals surface area (Å²) in [5.74, 6) is 1.30. The predicted molar refractivity (Wildman–Crippen MR) is 107 cm³/mol. The van der Waals surface area contributed by atoms with Gasteiger partial charge in [0.15, 0.2) is 0 Å². The fourth-order valence-corrected chi connectivity index (χ4v) is 3.01. The Balaban J connectivity index is 1.87. The number of rotatable bonds is 7. The van der Waals surface area contributed by atoms with Crippen LogP contribution in [0, 0.1) is 5.92 Å². The fourth-order valence-electron chi connectivity index (χ4n) is 2.79. The third-order valence-electron chi connectivity index (χ3n) is 4.65. The van der Waals surface area contributed by atoms with Crippen LogP contribution in [0.25, 0.3) is 11.4 Å². The van der Waals surface area contributed by atoms with E-state index in [-0.39, 0.29) is 11.8 Å². The predicted octanol–water partition coefficient (Wildman–Crippen LogP) is 4.92. The minimum absolute atomic E-state index is 0.0880. The Labute approximate surface area is 168 Å². The number of benzene rings is 2. The van der Waals surface area contributed by atoms with Gasteiger partial charge in [0, 0.05) is 5.56 Å². The summed E-state index contributed by atoms with van der Waals surface area (Å²) in [7, 11) is 1.60. The molecule has 28 heavy (non-hydrogen) atoms. The van der Waals surface area contributed by atoms with E-state index in [1.54, 1.807) is 31.4 Å². The number of aromatic nitrogens is 2. The minimum atomic E-state index is -0.430. The first-order valence-corrected chi connectivity index (χ1v) is 9.44. The van der Waals surface area contributed by atoms with Crippen molar-refractivity contribution in [3.63, 3.8) is 0 Å². The van der Waals surface area contributed by atoms with Gasteiger partial charge in [0.1, 0.15) is 11.8 Å². The van der Waals surface area contributed by atoms with E-state index >= 15 is 0 Å². The largest absolute Gasteiger partial charge is 0.497 e. The Morgan fingerprint density at radius 1 is 1.25 bits per heavy atom. The molecule has 146 valence electrons. The summed E-state index contributed by atoms with van der Waals surface area (Å²) in [6, 6.07) is 13.9. The first-order chi connectivity index (χ1) is 13.5. The number of nitrogens with zero attached hydrogens (tertiary/aromatic N) is 2. The molecule has 0 aliphatic heterocycles. The molecule has 2 atom stereocenters. The Morgan fingerprint density at radius 2 is 2.04 bits per heavy atom. The molecule has 0 aliphatic rings. The first kappa shape index (κ1) is 19.9. The average molecular weight is 400 g/mol. The molecule has 0 saturated carbocycles. The van der Waals surface area contributed by atoms with Crippen molar-refractivity contribution in [1.29, 1.82) is 0 Å². The van der Waals surface area contributed by atoms with Crippen LogP contribution in [0.1, 0.15) is 42.6 Å². The molecule has 0 saturated heterocycles. The van der Waals surface area contributed by atoms with Crippen molar-refractivity contribution in [3.05, 3.63) is 65.0 Å². The number of methoxy groups -OCH3 is 1. The van der Waals surface area contributed by atoms with Gasteiger partial charge in [0.2, 0.25) is 11.7 Å². The Kier molecular flexibility index (Phi) is 6.31. The van der Waals surface area contributed by atoms with E-state index in [2.05, 4.69) is 15.5 Å².